The van der Waals surface area contributed by atoms with Crippen LogP contribution in [-0.2, 0) is 11.2 Å². The van der Waals surface area contributed by atoms with Crippen LogP contribution in [0.4, 0.5) is 0 Å². The number of carbonyl (C=O) groups excluding carboxylic acids is 1. The van der Waals surface area contributed by atoms with Crippen molar-refractivity contribution >= 4 is 28.4 Å². The summed E-state index contributed by atoms with van der Waals surface area (Å²) in [5.41, 5.74) is 1.12. The molecule has 1 rings (SSSR count). The zero-order chi connectivity index (χ0) is 12.7. The Balaban J connectivity index is 2.23. The van der Waals surface area contributed by atoms with E-state index in [9.17, 15) is 4.79 Å². The highest BCUT2D eigenvalue weighted by Crippen LogP contribution is 2.08. The van der Waals surface area contributed by atoms with Crippen molar-refractivity contribution in [3.8, 4) is 0 Å². The lowest BCUT2D eigenvalue weighted by molar-refractivity contribution is -0.118. The molecule has 0 heterocycles. The lowest BCUT2D eigenvalue weighted by Crippen LogP contribution is -2.24. The molecule has 2 nitrogen and oxygen atoms in total. The van der Waals surface area contributed by atoms with E-state index in [0.717, 1.165) is 18.5 Å². The summed E-state index contributed by atoms with van der Waals surface area (Å²) < 4.78 is 1.21. The first kappa shape index (κ1) is 14.6. The van der Waals surface area contributed by atoms with Crippen molar-refractivity contribution in [3.05, 3.63) is 33.4 Å². The molecular weight excluding hydrogens is 325 g/mol. The Hall–Kier alpha value is -0.420. The summed E-state index contributed by atoms with van der Waals surface area (Å²) in [7, 11) is 0. The maximum absolute atomic E-state index is 11.7. The van der Waals surface area contributed by atoms with Crippen LogP contribution in [0, 0.1) is 3.57 Å². The predicted molar refractivity (Wildman–Crippen MR) is 80.2 cm³/mol. The second-order valence-electron chi connectivity index (χ2n) is 4.55. The highest BCUT2D eigenvalue weighted by Gasteiger charge is 2.03. The van der Waals surface area contributed by atoms with Gasteiger partial charge in [-0.05, 0) is 53.3 Å². The quantitative estimate of drug-likeness (QED) is 0.608. The zero-order valence-electron chi connectivity index (χ0n) is 10.5. The van der Waals surface area contributed by atoms with Crippen molar-refractivity contribution in [2.75, 3.05) is 6.54 Å². The molecule has 0 fully saturated rings. The third-order valence-corrected chi connectivity index (χ3v) is 3.22. The van der Waals surface area contributed by atoms with Crippen LogP contribution in [-0.4, -0.2) is 18.4 Å². The van der Waals surface area contributed by atoms with Crippen LogP contribution in [0.2, 0.25) is 0 Å². The largest absolute Gasteiger partial charge is 0.315 e. The van der Waals surface area contributed by atoms with Crippen molar-refractivity contribution in [2.24, 2.45) is 0 Å². The first-order chi connectivity index (χ1) is 8.08. The van der Waals surface area contributed by atoms with E-state index in [4.69, 9.17) is 0 Å². The fourth-order valence-electron chi connectivity index (χ4n) is 1.59. The summed E-state index contributed by atoms with van der Waals surface area (Å²) >= 11 is 2.27. The van der Waals surface area contributed by atoms with Gasteiger partial charge in [0.05, 0.1) is 0 Å². The molecule has 0 aromatic heterocycles. The SMILES string of the molecule is CC(C)NCCCC(=O)Cc1ccc(I)cc1. The lowest BCUT2D eigenvalue weighted by atomic mass is 10.1. The molecule has 1 aromatic rings. The molecule has 3 heteroatoms. The third kappa shape index (κ3) is 6.78. The monoisotopic (exact) mass is 345 g/mol. The number of rotatable bonds is 7. The second kappa shape index (κ2) is 7.82. The number of carbonyl (C=O) groups is 1. The van der Waals surface area contributed by atoms with Crippen molar-refractivity contribution in [3.63, 3.8) is 0 Å². The summed E-state index contributed by atoms with van der Waals surface area (Å²) in [6.07, 6.45) is 2.17. The minimum Gasteiger partial charge on any atom is -0.315 e. The van der Waals surface area contributed by atoms with Gasteiger partial charge in [-0.3, -0.25) is 4.79 Å². The van der Waals surface area contributed by atoms with Crippen LogP contribution in [0.5, 0.6) is 0 Å². The minimum absolute atomic E-state index is 0.330. The van der Waals surface area contributed by atoms with Gasteiger partial charge in [0.25, 0.3) is 0 Å². The highest BCUT2D eigenvalue weighted by atomic mass is 127. The van der Waals surface area contributed by atoms with E-state index in [2.05, 4.69) is 41.8 Å². The molecule has 0 spiro atoms. The molecule has 0 bridgehead atoms. The highest BCUT2D eigenvalue weighted by molar-refractivity contribution is 14.1. The van der Waals surface area contributed by atoms with Crippen LogP contribution < -0.4 is 5.32 Å². The summed E-state index contributed by atoms with van der Waals surface area (Å²) in [5.74, 6) is 0.330. The average Bonchev–Trinajstić information content (AvgIpc) is 2.27. The molecule has 0 aliphatic heterocycles. The maximum Gasteiger partial charge on any atom is 0.137 e. The van der Waals surface area contributed by atoms with Gasteiger partial charge in [0.15, 0.2) is 0 Å². The van der Waals surface area contributed by atoms with Crippen molar-refractivity contribution in [1.82, 2.24) is 5.32 Å². The van der Waals surface area contributed by atoms with Crippen molar-refractivity contribution in [1.29, 1.82) is 0 Å². The van der Waals surface area contributed by atoms with Crippen LogP contribution >= 0.6 is 22.6 Å². The van der Waals surface area contributed by atoms with Crippen LogP contribution in [0.1, 0.15) is 32.3 Å². The molecule has 0 saturated heterocycles. The van der Waals surface area contributed by atoms with E-state index in [1.165, 1.54) is 3.57 Å². The Morgan fingerprint density at radius 3 is 2.53 bits per heavy atom. The van der Waals surface area contributed by atoms with Gasteiger partial charge in [0.1, 0.15) is 5.78 Å². The number of hydrogen-bond donors (Lipinski definition) is 1. The van der Waals surface area contributed by atoms with Crippen molar-refractivity contribution in [2.45, 2.75) is 39.2 Å². The van der Waals surface area contributed by atoms with Crippen LogP contribution in [0.3, 0.4) is 0 Å². The van der Waals surface area contributed by atoms with E-state index >= 15 is 0 Å². The number of Topliss-reactive ketones (excluding diaryl/α,β-unsaturated/α-hetero) is 1. The van der Waals surface area contributed by atoms with E-state index in [0.29, 0.717) is 24.7 Å². The molecule has 1 N–H and O–H groups in total. The van der Waals surface area contributed by atoms with E-state index < -0.39 is 0 Å². The van der Waals surface area contributed by atoms with Gasteiger partial charge in [0.2, 0.25) is 0 Å². The number of halogens is 1. The normalized spacial score (nSPS) is 10.8. The molecule has 0 aliphatic carbocycles. The van der Waals surface area contributed by atoms with Crippen molar-refractivity contribution < 1.29 is 4.79 Å². The molecule has 1 aromatic carbocycles. The first-order valence-corrected chi connectivity index (χ1v) is 7.15. The molecule has 0 amide bonds. The molecule has 0 saturated carbocycles. The predicted octanol–water partition coefficient (Wildman–Crippen LogP) is 3.18. The Bertz CT molecular complexity index is 346. The van der Waals surface area contributed by atoms with Gasteiger partial charge < -0.3 is 5.32 Å². The Morgan fingerprint density at radius 1 is 1.29 bits per heavy atom. The van der Waals surface area contributed by atoms with E-state index in [1.807, 2.05) is 24.3 Å². The molecule has 94 valence electrons. The van der Waals surface area contributed by atoms with Gasteiger partial charge in [-0.25, -0.2) is 0 Å². The van der Waals surface area contributed by atoms with Crippen LogP contribution in [0.15, 0.2) is 24.3 Å². The molecular formula is C14H20INO. The summed E-state index contributed by atoms with van der Waals surface area (Å²) in [4.78, 5) is 11.7. The number of benzene rings is 1. The lowest BCUT2D eigenvalue weighted by Gasteiger charge is -2.07. The molecule has 17 heavy (non-hydrogen) atoms. The first-order valence-electron chi connectivity index (χ1n) is 6.07. The number of hydrogen-bond acceptors (Lipinski definition) is 2. The molecule has 0 atom stereocenters. The number of ketones is 1. The second-order valence-corrected chi connectivity index (χ2v) is 5.80. The average molecular weight is 345 g/mol. The topological polar surface area (TPSA) is 29.1 Å². The van der Waals surface area contributed by atoms with Gasteiger partial charge >= 0.3 is 0 Å². The van der Waals surface area contributed by atoms with E-state index in [-0.39, 0.29) is 0 Å². The fourth-order valence-corrected chi connectivity index (χ4v) is 1.95. The summed E-state index contributed by atoms with van der Waals surface area (Å²) in [6, 6.07) is 8.66. The minimum atomic E-state index is 0.330. The van der Waals surface area contributed by atoms with Gasteiger partial charge in [0, 0.05) is 22.5 Å². The Labute approximate surface area is 117 Å². The summed E-state index contributed by atoms with van der Waals surface area (Å²) in [5, 5.41) is 3.32. The summed E-state index contributed by atoms with van der Waals surface area (Å²) in [6.45, 7) is 5.16. The van der Waals surface area contributed by atoms with Crippen LogP contribution in [0.25, 0.3) is 0 Å². The Morgan fingerprint density at radius 2 is 1.94 bits per heavy atom. The third-order valence-electron chi connectivity index (χ3n) is 2.50. The molecule has 0 aliphatic rings. The molecule has 0 radical (unpaired) electrons. The zero-order valence-corrected chi connectivity index (χ0v) is 12.7. The van der Waals surface area contributed by atoms with E-state index in [1.54, 1.807) is 0 Å². The van der Waals surface area contributed by atoms with Gasteiger partial charge in [-0.15, -0.1) is 0 Å². The van der Waals surface area contributed by atoms with Gasteiger partial charge in [-0.1, -0.05) is 26.0 Å². The smallest absolute Gasteiger partial charge is 0.137 e. The van der Waals surface area contributed by atoms with Gasteiger partial charge in [-0.2, -0.15) is 0 Å². The Kier molecular flexibility index (Phi) is 6.73. The maximum atomic E-state index is 11.7. The standard InChI is InChI=1S/C14H20INO/c1-11(2)16-9-3-4-14(17)10-12-5-7-13(15)8-6-12/h5-8,11,16H,3-4,9-10H2,1-2H3. The fraction of sp³-hybridized carbons (Fsp3) is 0.500. The molecule has 0 unspecified atom stereocenters. The number of nitrogens with one attached hydrogen (secondary N) is 1.